The molecule has 100 valence electrons. The first-order valence-corrected chi connectivity index (χ1v) is 6.11. The van der Waals surface area contributed by atoms with Crippen molar-refractivity contribution in [3.8, 4) is 0 Å². The van der Waals surface area contributed by atoms with Crippen LogP contribution in [0.25, 0.3) is 0 Å². The van der Waals surface area contributed by atoms with Gasteiger partial charge in [0.05, 0.1) is 0 Å². The number of carbonyl (C=O) groups excluding carboxylic acids is 1. The Morgan fingerprint density at radius 3 is 2.53 bits per heavy atom. The maximum absolute atomic E-state index is 12.0. The SMILES string of the molecule is Cc1cc(NC(=O)c2ccc(CN(C)C)cc2)n[nH]1. The topological polar surface area (TPSA) is 61.0 Å². The van der Waals surface area contributed by atoms with Gasteiger partial charge in [-0.15, -0.1) is 0 Å². The van der Waals surface area contributed by atoms with Crippen molar-refractivity contribution >= 4 is 11.7 Å². The molecule has 1 heterocycles. The van der Waals surface area contributed by atoms with Crippen LogP contribution in [0.1, 0.15) is 21.6 Å². The Bertz CT molecular complexity index is 557. The molecule has 0 saturated heterocycles. The van der Waals surface area contributed by atoms with Gasteiger partial charge < -0.3 is 10.2 Å². The zero-order valence-electron chi connectivity index (χ0n) is 11.4. The lowest BCUT2D eigenvalue weighted by molar-refractivity contribution is 0.102. The summed E-state index contributed by atoms with van der Waals surface area (Å²) >= 11 is 0. The van der Waals surface area contributed by atoms with Gasteiger partial charge in [0.1, 0.15) is 0 Å². The van der Waals surface area contributed by atoms with Crippen LogP contribution in [-0.2, 0) is 6.54 Å². The van der Waals surface area contributed by atoms with Crippen LogP contribution in [0.4, 0.5) is 5.82 Å². The molecule has 2 N–H and O–H groups in total. The third-order valence-corrected chi connectivity index (χ3v) is 2.66. The highest BCUT2D eigenvalue weighted by Crippen LogP contribution is 2.09. The molecule has 1 aromatic heterocycles. The highest BCUT2D eigenvalue weighted by Gasteiger charge is 2.07. The Balaban J connectivity index is 2.03. The van der Waals surface area contributed by atoms with Gasteiger partial charge in [-0.3, -0.25) is 9.89 Å². The van der Waals surface area contributed by atoms with Crippen LogP contribution in [-0.4, -0.2) is 35.1 Å². The first kappa shape index (κ1) is 13.3. The monoisotopic (exact) mass is 258 g/mol. The Hall–Kier alpha value is -2.14. The van der Waals surface area contributed by atoms with Crippen molar-refractivity contribution in [3.63, 3.8) is 0 Å². The van der Waals surface area contributed by atoms with Gasteiger partial charge in [0, 0.05) is 23.9 Å². The van der Waals surface area contributed by atoms with E-state index in [4.69, 9.17) is 0 Å². The standard InChI is InChI=1S/C14H18N4O/c1-10-8-13(17-16-10)15-14(19)12-6-4-11(5-7-12)9-18(2)3/h4-8H,9H2,1-3H3,(H2,15,16,17,19). The minimum atomic E-state index is -0.150. The van der Waals surface area contributed by atoms with Crippen LogP contribution in [0, 0.1) is 6.92 Å². The van der Waals surface area contributed by atoms with Gasteiger partial charge in [-0.1, -0.05) is 12.1 Å². The predicted octanol–water partition coefficient (Wildman–Crippen LogP) is 2.03. The number of H-pyrrole nitrogens is 1. The van der Waals surface area contributed by atoms with Crippen LogP contribution in [0.5, 0.6) is 0 Å². The van der Waals surface area contributed by atoms with Crippen molar-refractivity contribution in [2.24, 2.45) is 0 Å². The molecular weight excluding hydrogens is 240 g/mol. The number of aryl methyl sites for hydroxylation is 1. The molecule has 0 fully saturated rings. The van der Waals surface area contributed by atoms with Crippen molar-refractivity contribution in [3.05, 3.63) is 47.2 Å². The van der Waals surface area contributed by atoms with Crippen molar-refractivity contribution in [1.82, 2.24) is 15.1 Å². The summed E-state index contributed by atoms with van der Waals surface area (Å²) in [7, 11) is 4.03. The van der Waals surface area contributed by atoms with Gasteiger partial charge in [-0.25, -0.2) is 0 Å². The zero-order chi connectivity index (χ0) is 13.8. The molecule has 1 aromatic carbocycles. The first-order valence-electron chi connectivity index (χ1n) is 6.11. The normalized spacial score (nSPS) is 10.7. The smallest absolute Gasteiger partial charge is 0.256 e. The van der Waals surface area contributed by atoms with E-state index in [0.717, 1.165) is 12.2 Å². The van der Waals surface area contributed by atoms with Crippen LogP contribution >= 0.6 is 0 Å². The van der Waals surface area contributed by atoms with Crippen molar-refractivity contribution in [1.29, 1.82) is 0 Å². The van der Waals surface area contributed by atoms with Gasteiger partial charge in [-0.05, 0) is 38.7 Å². The largest absolute Gasteiger partial charge is 0.305 e. The molecule has 0 aliphatic rings. The predicted molar refractivity (Wildman–Crippen MR) is 75.1 cm³/mol. The van der Waals surface area contributed by atoms with Gasteiger partial charge in [-0.2, -0.15) is 5.10 Å². The Morgan fingerprint density at radius 2 is 2.00 bits per heavy atom. The number of anilines is 1. The van der Waals surface area contributed by atoms with E-state index in [1.165, 1.54) is 5.56 Å². The number of hydrogen-bond donors (Lipinski definition) is 2. The van der Waals surface area contributed by atoms with E-state index in [-0.39, 0.29) is 5.91 Å². The molecule has 0 radical (unpaired) electrons. The molecule has 0 bridgehead atoms. The molecule has 5 nitrogen and oxygen atoms in total. The van der Waals surface area contributed by atoms with E-state index in [9.17, 15) is 4.79 Å². The molecule has 0 spiro atoms. The zero-order valence-corrected chi connectivity index (χ0v) is 11.4. The van der Waals surface area contributed by atoms with Gasteiger partial charge in [0.15, 0.2) is 5.82 Å². The summed E-state index contributed by atoms with van der Waals surface area (Å²) in [6, 6.07) is 9.37. The number of amides is 1. The summed E-state index contributed by atoms with van der Waals surface area (Å²) in [5, 5.41) is 9.51. The average molecular weight is 258 g/mol. The molecule has 0 unspecified atom stereocenters. The van der Waals surface area contributed by atoms with E-state index in [1.54, 1.807) is 6.07 Å². The molecule has 2 rings (SSSR count). The highest BCUT2D eigenvalue weighted by molar-refractivity contribution is 6.03. The number of aromatic nitrogens is 2. The second-order valence-corrected chi connectivity index (χ2v) is 4.83. The first-order chi connectivity index (χ1) is 9.04. The maximum atomic E-state index is 12.0. The van der Waals surface area contributed by atoms with Gasteiger partial charge in [0.2, 0.25) is 0 Å². The number of rotatable bonds is 4. The number of carbonyl (C=O) groups is 1. The molecule has 1 amide bonds. The maximum Gasteiger partial charge on any atom is 0.256 e. The summed E-state index contributed by atoms with van der Waals surface area (Å²) in [5.74, 6) is 0.391. The molecule has 2 aromatic rings. The van der Waals surface area contributed by atoms with E-state index in [0.29, 0.717) is 11.4 Å². The molecule has 5 heteroatoms. The fourth-order valence-corrected chi connectivity index (χ4v) is 1.80. The lowest BCUT2D eigenvalue weighted by Gasteiger charge is -2.09. The number of nitrogens with one attached hydrogen (secondary N) is 2. The van der Waals surface area contributed by atoms with Crippen molar-refractivity contribution in [2.45, 2.75) is 13.5 Å². The summed E-state index contributed by atoms with van der Waals surface area (Å²) in [4.78, 5) is 14.1. The van der Waals surface area contributed by atoms with E-state index >= 15 is 0 Å². The molecule has 0 aliphatic carbocycles. The Morgan fingerprint density at radius 1 is 1.32 bits per heavy atom. The van der Waals surface area contributed by atoms with E-state index in [2.05, 4.69) is 20.4 Å². The molecule has 0 atom stereocenters. The summed E-state index contributed by atoms with van der Waals surface area (Å²) in [6.45, 7) is 2.75. The molecule has 0 aliphatic heterocycles. The summed E-state index contributed by atoms with van der Waals surface area (Å²) in [5.41, 5.74) is 2.72. The van der Waals surface area contributed by atoms with Crippen LogP contribution < -0.4 is 5.32 Å². The third kappa shape index (κ3) is 3.66. The fraction of sp³-hybridized carbons (Fsp3) is 0.286. The number of nitrogens with zero attached hydrogens (tertiary/aromatic N) is 2. The minimum absolute atomic E-state index is 0.150. The quantitative estimate of drug-likeness (QED) is 0.882. The summed E-state index contributed by atoms with van der Waals surface area (Å²) in [6.07, 6.45) is 0. The Labute approximate surface area is 112 Å². The van der Waals surface area contributed by atoms with Gasteiger partial charge >= 0.3 is 0 Å². The second kappa shape index (κ2) is 5.67. The van der Waals surface area contributed by atoms with Crippen molar-refractivity contribution in [2.75, 3.05) is 19.4 Å². The van der Waals surface area contributed by atoms with E-state index < -0.39 is 0 Å². The number of hydrogen-bond acceptors (Lipinski definition) is 3. The second-order valence-electron chi connectivity index (χ2n) is 4.83. The fourth-order valence-electron chi connectivity index (χ4n) is 1.80. The lowest BCUT2D eigenvalue weighted by atomic mass is 10.1. The van der Waals surface area contributed by atoms with Crippen molar-refractivity contribution < 1.29 is 4.79 Å². The molecule has 19 heavy (non-hydrogen) atoms. The van der Waals surface area contributed by atoms with Crippen LogP contribution in [0.2, 0.25) is 0 Å². The van der Waals surface area contributed by atoms with Crippen LogP contribution in [0.3, 0.4) is 0 Å². The van der Waals surface area contributed by atoms with E-state index in [1.807, 2.05) is 45.3 Å². The van der Waals surface area contributed by atoms with Crippen LogP contribution in [0.15, 0.2) is 30.3 Å². The summed E-state index contributed by atoms with van der Waals surface area (Å²) < 4.78 is 0. The number of benzene rings is 1. The molecule has 0 saturated carbocycles. The Kier molecular flexibility index (Phi) is 3.97. The average Bonchev–Trinajstić information content (AvgIpc) is 2.75. The minimum Gasteiger partial charge on any atom is -0.305 e. The molecular formula is C14H18N4O. The highest BCUT2D eigenvalue weighted by atomic mass is 16.1. The third-order valence-electron chi connectivity index (χ3n) is 2.66. The van der Waals surface area contributed by atoms with Gasteiger partial charge in [0.25, 0.3) is 5.91 Å². The lowest BCUT2D eigenvalue weighted by Crippen LogP contribution is -2.13. The number of aromatic amines is 1.